The zero-order chi connectivity index (χ0) is 12.5. The lowest BCUT2D eigenvalue weighted by Crippen LogP contribution is -2.11. The van der Waals surface area contributed by atoms with Gasteiger partial charge in [0.05, 0.1) is 0 Å². The van der Waals surface area contributed by atoms with Crippen LogP contribution in [0.15, 0.2) is 18.2 Å². The van der Waals surface area contributed by atoms with Gasteiger partial charge in [0, 0.05) is 16.6 Å². The van der Waals surface area contributed by atoms with Gasteiger partial charge in [-0.1, -0.05) is 13.0 Å². The summed E-state index contributed by atoms with van der Waals surface area (Å²) in [7, 11) is 0. The molecule has 0 aliphatic carbocycles. The second-order valence-corrected chi connectivity index (χ2v) is 5.52. The van der Waals surface area contributed by atoms with Crippen LogP contribution in [-0.2, 0) is 12.8 Å². The zero-order valence-corrected chi connectivity index (χ0v) is 11.3. The molecule has 1 aliphatic heterocycles. The Morgan fingerprint density at radius 1 is 1.33 bits per heavy atom. The monoisotopic (exact) mass is 242 g/mol. The fraction of sp³-hybridized carbons (Fsp3) is 0.500. The van der Waals surface area contributed by atoms with Crippen molar-refractivity contribution >= 4 is 10.9 Å². The largest absolute Gasteiger partial charge is 0.358 e. The minimum Gasteiger partial charge on any atom is -0.358 e. The van der Waals surface area contributed by atoms with Crippen molar-refractivity contribution in [3.8, 4) is 0 Å². The topological polar surface area (TPSA) is 27.8 Å². The summed E-state index contributed by atoms with van der Waals surface area (Å²) in [6, 6.07) is 6.84. The van der Waals surface area contributed by atoms with Crippen LogP contribution in [0.4, 0.5) is 0 Å². The summed E-state index contributed by atoms with van der Waals surface area (Å²) in [4.78, 5) is 3.53. The van der Waals surface area contributed by atoms with E-state index in [-0.39, 0.29) is 0 Å². The number of aromatic nitrogens is 1. The van der Waals surface area contributed by atoms with E-state index in [2.05, 4.69) is 42.3 Å². The molecule has 96 valence electrons. The van der Waals surface area contributed by atoms with Crippen LogP contribution in [0.1, 0.15) is 30.2 Å². The number of H-pyrrole nitrogens is 1. The fourth-order valence-electron chi connectivity index (χ4n) is 3.09. The predicted molar refractivity (Wildman–Crippen MR) is 77.1 cm³/mol. The molecule has 2 heterocycles. The summed E-state index contributed by atoms with van der Waals surface area (Å²) in [5.74, 6) is 0.813. The summed E-state index contributed by atoms with van der Waals surface area (Å²) < 4.78 is 0. The molecule has 1 fully saturated rings. The molecule has 2 nitrogen and oxygen atoms in total. The van der Waals surface area contributed by atoms with E-state index in [1.165, 1.54) is 53.7 Å². The van der Waals surface area contributed by atoms with Crippen LogP contribution in [-0.4, -0.2) is 18.1 Å². The summed E-state index contributed by atoms with van der Waals surface area (Å²) in [6.45, 7) is 6.80. The average Bonchev–Trinajstić information content (AvgIpc) is 2.99. The Bertz CT molecular complexity index is 547. The summed E-state index contributed by atoms with van der Waals surface area (Å²) >= 11 is 0. The molecule has 2 heteroatoms. The lowest BCUT2D eigenvalue weighted by molar-refractivity contribution is 0.580. The van der Waals surface area contributed by atoms with E-state index >= 15 is 0 Å². The first kappa shape index (κ1) is 11.8. The average molecular weight is 242 g/mol. The predicted octanol–water partition coefficient (Wildman–Crippen LogP) is 3.19. The molecule has 2 aromatic rings. The van der Waals surface area contributed by atoms with Gasteiger partial charge in [-0.15, -0.1) is 0 Å². The van der Waals surface area contributed by atoms with Gasteiger partial charge in [-0.05, 0) is 68.5 Å². The number of aryl methyl sites for hydroxylation is 2. The van der Waals surface area contributed by atoms with E-state index < -0.39 is 0 Å². The number of aromatic amines is 1. The summed E-state index contributed by atoms with van der Waals surface area (Å²) in [5.41, 5.74) is 5.62. The molecule has 1 saturated heterocycles. The first-order valence-electron chi connectivity index (χ1n) is 7.08. The summed E-state index contributed by atoms with van der Waals surface area (Å²) in [5, 5.41) is 4.91. The van der Waals surface area contributed by atoms with Gasteiger partial charge < -0.3 is 10.3 Å². The molecular formula is C16H22N2. The first-order chi connectivity index (χ1) is 8.78. The number of fused-ring (bicyclic) bond motifs is 1. The normalized spacial score (nSPS) is 19.8. The highest BCUT2D eigenvalue weighted by Crippen LogP contribution is 2.27. The van der Waals surface area contributed by atoms with E-state index in [9.17, 15) is 0 Å². The van der Waals surface area contributed by atoms with Crippen molar-refractivity contribution in [2.75, 3.05) is 13.1 Å². The van der Waals surface area contributed by atoms with Crippen molar-refractivity contribution in [3.63, 3.8) is 0 Å². The molecule has 3 rings (SSSR count). The maximum atomic E-state index is 3.53. The van der Waals surface area contributed by atoms with Crippen molar-refractivity contribution in [2.24, 2.45) is 5.92 Å². The van der Waals surface area contributed by atoms with Gasteiger partial charge in [0.1, 0.15) is 0 Å². The number of benzene rings is 1. The van der Waals surface area contributed by atoms with Gasteiger partial charge in [-0.2, -0.15) is 0 Å². The zero-order valence-electron chi connectivity index (χ0n) is 11.3. The van der Waals surface area contributed by atoms with Gasteiger partial charge in [0.15, 0.2) is 0 Å². The van der Waals surface area contributed by atoms with Crippen LogP contribution < -0.4 is 5.32 Å². The van der Waals surface area contributed by atoms with Crippen LogP contribution >= 0.6 is 0 Å². The summed E-state index contributed by atoms with van der Waals surface area (Å²) in [6.07, 6.45) is 3.65. The maximum Gasteiger partial charge on any atom is 0.0459 e. The Balaban J connectivity index is 2.00. The Kier molecular flexibility index (Phi) is 3.13. The third-order valence-corrected chi connectivity index (χ3v) is 4.25. The second kappa shape index (κ2) is 4.77. The number of rotatable bonds is 3. The minimum atomic E-state index is 0.813. The quantitative estimate of drug-likeness (QED) is 0.850. The molecule has 1 atom stereocenters. The van der Waals surface area contributed by atoms with Crippen LogP contribution in [0.3, 0.4) is 0 Å². The molecule has 0 bridgehead atoms. The third kappa shape index (κ3) is 2.05. The van der Waals surface area contributed by atoms with Crippen molar-refractivity contribution < 1.29 is 0 Å². The standard InChI is InChI=1S/C16H22N2/c1-3-12-4-5-16-15(8-12)14(11(2)18-16)9-13-6-7-17-10-13/h4-5,8,13,17-18H,3,6-7,9-10H2,1-2H3. The van der Waals surface area contributed by atoms with Gasteiger partial charge in [-0.25, -0.2) is 0 Å². The maximum absolute atomic E-state index is 3.53. The molecule has 1 aromatic carbocycles. The minimum absolute atomic E-state index is 0.813. The number of nitrogens with one attached hydrogen (secondary N) is 2. The van der Waals surface area contributed by atoms with Crippen molar-refractivity contribution in [1.29, 1.82) is 0 Å². The molecule has 1 aliphatic rings. The first-order valence-corrected chi connectivity index (χ1v) is 7.08. The van der Waals surface area contributed by atoms with Crippen LogP contribution in [0.2, 0.25) is 0 Å². The van der Waals surface area contributed by atoms with Gasteiger partial charge in [-0.3, -0.25) is 0 Å². The smallest absolute Gasteiger partial charge is 0.0459 e. The van der Waals surface area contributed by atoms with Crippen LogP contribution in [0.25, 0.3) is 10.9 Å². The van der Waals surface area contributed by atoms with E-state index in [0.717, 1.165) is 12.3 Å². The Morgan fingerprint density at radius 3 is 2.94 bits per heavy atom. The van der Waals surface area contributed by atoms with E-state index in [0.29, 0.717) is 0 Å². The van der Waals surface area contributed by atoms with E-state index in [1.807, 2.05) is 0 Å². The molecule has 0 amide bonds. The molecule has 0 radical (unpaired) electrons. The molecular weight excluding hydrogens is 220 g/mol. The highest BCUT2D eigenvalue weighted by atomic mass is 14.9. The molecule has 1 aromatic heterocycles. The van der Waals surface area contributed by atoms with Crippen LogP contribution in [0, 0.1) is 12.8 Å². The second-order valence-electron chi connectivity index (χ2n) is 5.52. The van der Waals surface area contributed by atoms with Gasteiger partial charge >= 0.3 is 0 Å². The van der Waals surface area contributed by atoms with Crippen molar-refractivity contribution in [1.82, 2.24) is 10.3 Å². The van der Waals surface area contributed by atoms with Crippen molar-refractivity contribution in [3.05, 3.63) is 35.0 Å². The van der Waals surface area contributed by atoms with E-state index in [4.69, 9.17) is 0 Å². The SMILES string of the molecule is CCc1ccc2[nH]c(C)c(CC3CCNC3)c2c1. The van der Waals surface area contributed by atoms with Crippen LogP contribution in [0.5, 0.6) is 0 Å². The van der Waals surface area contributed by atoms with E-state index in [1.54, 1.807) is 0 Å². The number of hydrogen-bond acceptors (Lipinski definition) is 1. The highest BCUT2D eigenvalue weighted by molar-refractivity contribution is 5.85. The molecule has 0 spiro atoms. The number of hydrogen-bond donors (Lipinski definition) is 2. The van der Waals surface area contributed by atoms with Gasteiger partial charge in [0.25, 0.3) is 0 Å². The molecule has 1 unspecified atom stereocenters. The lowest BCUT2D eigenvalue weighted by Gasteiger charge is -2.08. The third-order valence-electron chi connectivity index (χ3n) is 4.25. The Morgan fingerprint density at radius 2 is 2.22 bits per heavy atom. The molecule has 2 N–H and O–H groups in total. The highest BCUT2D eigenvalue weighted by Gasteiger charge is 2.18. The lowest BCUT2D eigenvalue weighted by atomic mass is 9.96. The van der Waals surface area contributed by atoms with Gasteiger partial charge in [0.2, 0.25) is 0 Å². The molecule has 18 heavy (non-hydrogen) atoms. The molecule has 0 saturated carbocycles. The Hall–Kier alpha value is -1.28. The fourth-order valence-corrected chi connectivity index (χ4v) is 3.09. The Labute approximate surface area is 109 Å². The van der Waals surface area contributed by atoms with Crippen molar-refractivity contribution in [2.45, 2.75) is 33.1 Å².